The number of amides is 2. The number of aryl methyl sites for hydroxylation is 1. The van der Waals surface area contributed by atoms with Gasteiger partial charge in [0.1, 0.15) is 5.01 Å². The van der Waals surface area contributed by atoms with Crippen LogP contribution in [-0.2, 0) is 11.2 Å². The second kappa shape index (κ2) is 6.14. The normalized spacial score (nSPS) is 11.9. The average Bonchev–Trinajstić information content (AvgIpc) is 2.63. The number of carboxylic acid groups (broad SMARTS) is 1. The molecule has 1 aromatic rings. The van der Waals surface area contributed by atoms with Crippen LogP contribution in [0.15, 0.2) is 0 Å². The Morgan fingerprint density at radius 3 is 2.71 bits per heavy atom. The molecule has 94 valence electrons. The summed E-state index contributed by atoms with van der Waals surface area (Å²) in [4.78, 5) is 21.8. The molecule has 17 heavy (non-hydrogen) atoms. The van der Waals surface area contributed by atoms with Gasteiger partial charge >= 0.3 is 12.0 Å². The van der Waals surface area contributed by atoms with Gasteiger partial charge in [0.2, 0.25) is 5.13 Å². The molecule has 0 fully saturated rings. The van der Waals surface area contributed by atoms with Crippen molar-refractivity contribution in [1.29, 1.82) is 0 Å². The van der Waals surface area contributed by atoms with E-state index in [9.17, 15) is 9.59 Å². The van der Waals surface area contributed by atoms with Crippen LogP contribution >= 0.6 is 11.3 Å². The molecule has 0 aromatic carbocycles. The summed E-state index contributed by atoms with van der Waals surface area (Å²) in [5.41, 5.74) is 0. The first kappa shape index (κ1) is 13.4. The van der Waals surface area contributed by atoms with E-state index in [0.29, 0.717) is 5.13 Å². The molecule has 0 aliphatic carbocycles. The summed E-state index contributed by atoms with van der Waals surface area (Å²) in [6.45, 7) is 3.56. The molecule has 2 amide bonds. The van der Waals surface area contributed by atoms with Gasteiger partial charge < -0.3 is 10.4 Å². The van der Waals surface area contributed by atoms with Crippen LogP contribution in [0, 0.1) is 0 Å². The number of nitrogens with one attached hydrogen (secondary N) is 2. The number of aromatic nitrogens is 2. The van der Waals surface area contributed by atoms with Crippen LogP contribution in [0.3, 0.4) is 0 Å². The third-order valence-electron chi connectivity index (χ3n) is 1.85. The van der Waals surface area contributed by atoms with Crippen molar-refractivity contribution in [2.24, 2.45) is 0 Å². The van der Waals surface area contributed by atoms with Crippen molar-refractivity contribution in [3.8, 4) is 0 Å². The Labute approximate surface area is 102 Å². The van der Waals surface area contributed by atoms with Crippen molar-refractivity contribution < 1.29 is 14.7 Å². The van der Waals surface area contributed by atoms with Crippen LogP contribution in [-0.4, -0.2) is 33.3 Å². The molecular formula is C9H14N4O3S. The van der Waals surface area contributed by atoms with Crippen LogP contribution in [0.4, 0.5) is 9.93 Å². The van der Waals surface area contributed by atoms with E-state index in [0.717, 1.165) is 11.4 Å². The SMILES string of the molecule is CCc1nnc(NC(=O)NC(C)CC(=O)O)s1. The molecule has 0 saturated carbocycles. The van der Waals surface area contributed by atoms with Crippen molar-refractivity contribution in [3.63, 3.8) is 0 Å². The van der Waals surface area contributed by atoms with Crippen LogP contribution in [0.25, 0.3) is 0 Å². The summed E-state index contributed by atoms with van der Waals surface area (Å²) >= 11 is 1.29. The molecule has 0 saturated heterocycles. The zero-order chi connectivity index (χ0) is 12.8. The first-order valence-corrected chi connectivity index (χ1v) is 5.94. The monoisotopic (exact) mass is 258 g/mol. The standard InChI is InChI=1S/C9H14N4O3S/c1-3-6-12-13-9(17-6)11-8(16)10-5(2)4-7(14)15/h5H,3-4H2,1-2H3,(H,14,15)(H2,10,11,13,16). The molecule has 7 nitrogen and oxygen atoms in total. The lowest BCUT2D eigenvalue weighted by Gasteiger charge is -2.10. The topological polar surface area (TPSA) is 104 Å². The lowest BCUT2D eigenvalue weighted by Crippen LogP contribution is -2.37. The molecule has 3 N–H and O–H groups in total. The number of carbonyl (C=O) groups is 2. The van der Waals surface area contributed by atoms with Crippen molar-refractivity contribution in [1.82, 2.24) is 15.5 Å². The first-order chi connectivity index (χ1) is 8.01. The maximum absolute atomic E-state index is 11.4. The summed E-state index contributed by atoms with van der Waals surface area (Å²) in [6.07, 6.45) is 0.639. The Balaban J connectivity index is 2.41. The zero-order valence-corrected chi connectivity index (χ0v) is 10.4. The van der Waals surface area contributed by atoms with Gasteiger partial charge in [-0.3, -0.25) is 10.1 Å². The molecule has 0 radical (unpaired) electrons. The Kier molecular flexibility index (Phi) is 4.83. The molecule has 1 atom stereocenters. The highest BCUT2D eigenvalue weighted by Gasteiger charge is 2.12. The number of aliphatic carboxylic acids is 1. The quantitative estimate of drug-likeness (QED) is 0.733. The molecule has 1 aromatic heterocycles. The van der Waals surface area contributed by atoms with E-state index in [4.69, 9.17) is 5.11 Å². The van der Waals surface area contributed by atoms with Crippen LogP contribution in [0.5, 0.6) is 0 Å². The second-order valence-corrected chi connectivity index (χ2v) is 4.51. The van der Waals surface area contributed by atoms with Crippen LogP contribution < -0.4 is 10.6 Å². The summed E-state index contributed by atoms with van der Waals surface area (Å²) in [5, 5.41) is 22.4. The fraction of sp³-hybridized carbons (Fsp3) is 0.556. The van der Waals surface area contributed by atoms with E-state index >= 15 is 0 Å². The Bertz CT molecular complexity index is 407. The molecule has 0 aliphatic rings. The predicted molar refractivity (Wildman–Crippen MR) is 63.2 cm³/mol. The highest BCUT2D eigenvalue weighted by molar-refractivity contribution is 7.15. The van der Waals surface area contributed by atoms with Gasteiger partial charge in [-0.15, -0.1) is 10.2 Å². The van der Waals surface area contributed by atoms with E-state index in [2.05, 4.69) is 20.8 Å². The number of anilines is 1. The number of nitrogens with zero attached hydrogens (tertiary/aromatic N) is 2. The van der Waals surface area contributed by atoms with Crippen molar-refractivity contribution in [2.45, 2.75) is 32.7 Å². The largest absolute Gasteiger partial charge is 0.481 e. The summed E-state index contributed by atoms with van der Waals surface area (Å²) < 4.78 is 0. The molecule has 0 aliphatic heterocycles. The lowest BCUT2D eigenvalue weighted by molar-refractivity contribution is -0.137. The number of carboxylic acids is 1. The number of urea groups is 1. The van der Waals surface area contributed by atoms with E-state index in [-0.39, 0.29) is 6.42 Å². The molecule has 1 rings (SSSR count). The van der Waals surface area contributed by atoms with E-state index < -0.39 is 18.0 Å². The summed E-state index contributed by atoms with van der Waals surface area (Å²) in [6, 6.07) is -0.913. The fourth-order valence-corrected chi connectivity index (χ4v) is 1.79. The van der Waals surface area contributed by atoms with E-state index in [1.165, 1.54) is 11.3 Å². The Morgan fingerprint density at radius 1 is 1.47 bits per heavy atom. The highest BCUT2D eigenvalue weighted by atomic mass is 32.1. The van der Waals surface area contributed by atoms with Crippen molar-refractivity contribution in [3.05, 3.63) is 5.01 Å². The second-order valence-electron chi connectivity index (χ2n) is 3.45. The van der Waals surface area contributed by atoms with Gasteiger partial charge in [0, 0.05) is 6.04 Å². The maximum Gasteiger partial charge on any atom is 0.321 e. The first-order valence-electron chi connectivity index (χ1n) is 5.13. The predicted octanol–water partition coefficient (Wildman–Crippen LogP) is 1.09. The molecular weight excluding hydrogens is 244 g/mol. The van der Waals surface area contributed by atoms with Gasteiger partial charge in [-0.25, -0.2) is 4.79 Å². The Hall–Kier alpha value is -1.70. The van der Waals surface area contributed by atoms with E-state index in [1.807, 2.05) is 6.92 Å². The van der Waals surface area contributed by atoms with Gasteiger partial charge in [-0.05, 0) is 13.3 Å². The zero-order valence-electron chi connectivity index (χ0n) is 9.56. The molecule has 0 spiro atoms. The van der Waals surface area contributed by atoms with Crippen LogP contribution in [0.2, 0.25) is 0 Å². The molecule has 1 unspecified atom stereocenters. The maximum atomic E-state index is 11.4. The number of hydrogen-bond donors (Lipinski definition) is 3. The number of carbonyl (C=O) groups excluding carboxylic acids is 1. The third-order valence-corrected chi connectivity index (χ3v) is 2.83. The van der Waals surface area contributed by atoms with Crippen molar-refractivity contribution in [2.75, 3.05) is 5.32 Å². The summed E-state index contributed by atoms with van der Waals surface area (Å²) in [5.74, 6) is -0.956. The number of rotatable bonds is 5. The minimum atomic E-state index is -0.956. The molecule has 1 heterocycles. The van der Waals surface area contributed by atoms with Gasteiger partial charge in [-0.2, -0.15) is 0 Å². The minimum absolute atomic E-state index is 0.121. The fourth-order valence-electron chi connectivity index (χ4n) is 1.12. The summed E-state index contributed by atoms with van der Waals surface area (Å²) in [7, 11) is 0. The average molecular weight is 258 g/mol. The van der Waals surface area contributed by atoms with Gasteiger partial charge in [0.25, 0.3) is 0 Å². The molecule has 0 bridgehead atoms. The van der Waals surface area contributed by atoms with Crippen LogP contribution in [0.1, 0.15) is 25.3 Å². The minimum Gasteiger partial charge on any atom is -0.481 e. The van der Waals surface area contributed by atoms with Gasteiger partial charge in [-0.1, -0.05) is 18.3 Å². The van der Waals surface area contributed by atoms with Gasteiger partial charge in [0.05, 0.1) is 6.42 Å². The third kappa shape index (κ3) is 4.77. The van der Waals surface area contributed by atoms with Crippen molar-refractivity contribution >= 4 is 28.5 Å². The lowest BCUT2D eigenvalue weighted by atomic mass is 10.2. The highest BCUT2D eigenvalue weighted by Crippen LogP contribution is 2.14. The smallest absolute Gasteiger partial charge is 0.321 e. The van der Waals surface area contributed by atoms with Gasteiger partial charge in [0.15, 0.2) is 0 Å². The number of hydrogen-bond acceptors (Lipinski definition) is 5. The van der Waals surface area contributed by atoms with E-state index in [1.54, 1.807) is 6.92 Å². The molecule has 8 heteroatoms. The Morgan fingerprint density at radius 2 is 2.18 bits per heavy atom.